The first-order valence-electron chi connectivity index (χ1n) is 12.9. The van der Waals surface area contributed by atoms with Crippen molar-refractivity contribution in [2.45, 2.75) is 63.8 Å². The number of ether oxygens (including phenoxy) is 1. The second-order valence-electron chi connectivity index (χ2n) is 10.4. The number of benzene rings is 2. The van der Waals surface area contributed by atoms with Crippen LogP contribution < -0.4 is 4.74 Å². The normalized spacial score (nSPS) is 21.2. The van der Waals surface area contributed by atoms with E-state index in [1.54, 1.807) is 17.0 Å². The molecule has 4 rings (SSSR count). The molecule has 0 spiro atoms. The molecule has 1 saturated carbocycles. The third kappa shape index (κ3) is 5.21. The van der Waals surface area contributed by atoms with Gasteiger partial charge in [-0.1, -0.05) is 51.0 Å². The molecule has 0 aromatic heterocycles. The zero-order valence-electron chi connectivity index (χ0n) is 21.1. The Labute approximate surface area is 208 Å². The van der Waals surface area contributed by atoms with E-state index in [4.69, 9.17) is 4.74 Å². The summed E-state index contributed by atoms with van der Waals surface area (Å²) in [6.45, 7) is 5.71. The van der Waals surface area contributed by atoms with Crippen molar-refractivity contribution in [3.8, 4) is 5.75 Å². The average molecular weight is 481 g/mol. The Hall–Kier alpha value is -2.89. The summed E-state index contributed by atoms with van der Waals surface area (Å²) >= 11 is 0. The van der Waals surface area contributed by atoms with Crippen LogP contribution in [-0.2, 0) is 10.2 Å². The van der Waals surface area contributed by atoms with Crippen molar-refractivity contribution in [1.82, 2.24) is 9.80 Å². The summed E-state index contributed by atoms with van der Waals surface area (Å²) < 4.78 is 20.5. The molecule has 1 atom stereocenters. The molecule has 35 heavy (non-hydrogen) atoms. The van der Waals surface area contributed by atoms with Crippen molar-refractivity contribution in [1.29, 1.82) is 0 Å². The third-order valence-electron chi connectivity index (χ3n) is 7.69. The second kappa shape index (κ2) is 10.8. The van der Waals surface area contributed by atoms with Crippen molar-refractivity contribution in [2.24, 2.45) is 5.92 Å². The molecule has 2 aliphatic rings. The van der Waals surface area contributed by atoms with E-state index < -0.39 is 5.41 Å². The van der Waals surface area contributed by atoms with Crippen LogP contribution in [0.15, 0.2) is 48.5 Å². The highest BCUT2D eigenvalue weighted by Gasteiger charge is 2.47. The number of para-hydroxylation sites is 1. The maximum Gasteiger partial charge on any atom is 0.257 e. The molecule has 1 heterocycles. The van der Waals surface area contributed by atoms with Gasteiger partial charge < -0.3 is 14.5 Å². The molecular formula is C29H37FN2O3. The lowest BCUT2D eigenvalue weighted by molar-refractivity contribution is -0.142. The number of halogens is 1. The Morgan fingerprint density at radius 2 is 1.74 bits per heavy atom. The topological polar surface area (TPSA) is 49.9 Å². The molecule has 0 saturated heterocycles. The summed E-state index contributed by atoms with van der Waals surface area (Å²) in [5.74, 6) is 0.425. The molecule has 0 unspecified atom stereocenters. The van der Waals surface area contributed by atoms with Crippen LogP contribution in [0.4, 0.5) is 4.39 Å². The quantitative estimate of drug-likeness (QED) is 0.588. The number of carbonyl (C=O) groups excluding carboxylic acids is 2. The number of amides is 2. The number of nitrogens with zero attached hydrogens (tertiary/aromatic N) is 2. The molecular weight excluding hydrogens is 443 g/mol. The molecule has 0 bridgehead atoms. The number of rotatable bonds is 3. The molecule has 1 aliphatic heterocycles. The predicted octanol–water partition coefficient (Wildman–Crippen LogP) is 5.44. The minimum Gasteiger partial charge on any atom is -0.491 e. The van der Waals surface area contributed by atoms with Crippen LogP contribution in [-0.4, -0.2) is 54.4 Å². The zero-order valence-corrected chi connectivity index (χ0v) is 21.1. The lowest BCUT2D eigenvalue weighted by Gasteiger charge is -2.41. The highest BCUT2D eigenvalue weighted by Crippen LogP contribution is 2.43. The average Bonchev–Trinajstić information content (AvgIpc) is 3.35. The molecule has 0 radical (unpaired) electrons. The Bertz CT molecular complexity index is 1050. The Kier molecular flexibility index (Phi) is 7.78. The first-order valence-corrected chi connectivity index (χ1v) is 12.9. The third-order valence-corrected chi connectivity index (χ3v) is 7.69. The molecule has 1 fully saturated rings. The van der Waals surface area contributed by atoms with Gasteiger partial charge in [-0.15, -0.1) is 0 Å². The molecule has 2 amide bonds. The van der Waals surface area contributed by atoms with Gasteiger partial charge in [-0.25, -0.2) is 4.39 Å². The standard InChI is InChI=1S/C29H37FN2O3/c1-21(2)25-20-35-26-14-5-4-13-24(26)27(33)31(3)17-8-9-18-32(25)28(34)29(15-6-7-16-29)22-11-10-12-23(30)19-22/h4-5,10-14,19,21,25H,6-9,15-18,20H2,1-3H3/t25-/m1/s1. The number of carbonyl (C=O) groups is 2. The van der Waals surface area contributed by atoms with Crippen LogP contribution in [0.2, 0.25) is 0 Å². The van der Waals surface area contributed by atoms with Gasteiger partial charge in [-0.05, 0) is 61.4 Å². The predicted molar refractivity (Wildman–Crippen MR) is 135 cm³/mol. The number of hydrogen-bond acceptors (Lipinski definition) is 3. The van der Waals surface area contributed by atoms with E-state index in [9.17, 15) is 14.0 Å². The molecule has 1 aliphatic carbocycles. The van der Waals surface area contributed by atoms with Gasteiger partial charge >= 0.3 is 0 Å². The monoisotopic (exact) mass is 480 g/mol. The number of hydrogen-bond donors (Lipinski definition) is 0. The Balaban J connectivity index is 1.70. The highest BCUT2D eigenvalue weighted by molar-refractivity contribution is 5.96. The first-order chi connectivity index (χ1) is 16.8. The Morgan fingerprint density at radius 3 is 2.46 bits per heavy atom. The van der Waals surface area contributed by atoms with Crippen LogP contribution in [0.1, 0.15) is 68.3 Å². The summed E-state index contributed by atoms with van der Waals surface area (Å²) in [5.41, 5.74) is 0.630. The minimum atomic E-state index is -0.697. The van der Waals surface area contributed by atoms with Crippen LogP contribution in [0, 0.1) is 11.7 Å². The van der Waals surface area contributed by atoms with E-state index in [1.807, 2.05) is 36.2 Å². The molecule has 2 aromatic rings. The SMILES string of the molecule is CC(C)[C@H]1COc2ccccc2C(=O)N(C)CCCCN1C(=O)C1(c2cccc(F)c2)CCCC1. The number of fused-ring (bicyclic) bond motifs is 1. The smallest absolute Gasteiger partial charge is 0.257 e. The molecule has 2 aromatic carbocycles. The summed E-state index contributed by atoms with van der Waals surface area (Å²) in [5, 5.41) is 0. The van der Waals surface area contributed by atoms with Crippen molar-refractivity contribution < 1.29 is 18.7 Å². The van der Waals surface area contributed by atoms with Gasteiger partial charge in [-0.3, -0.25) is 9.59 Å². The second-order valence-corrected chi connectivity index (χ2v) is 10.4. The maximum absolute atomic E-state index is 14.4. The summed E-state index contributed by atoms with van der Waals surface area (Å²) in [6, 6.07) is 13.8. The Morgan fingerprint density at radius 1 is 1.03 bits per heavy atom. The van der Waals surface area contributed by atoms with Crippen LogP contribution >= 0.6 is 0 Å². The van der Waals surface area contributed by atoms with E-state index in [0.29, 0.717) is 31.0 Å². The van der Waals surface area contributed by atoms with Gasteiger partial charge in [0, 0.05) is 20.1 Å². The molecule has 188 valence electrons. The minimum absolute atomic E-state index is 0.0498. The van der Waals surface area contributed by atoms with Gasteiger partial charge in [0.15, 0.2) is 0 Å². The van der Waals surface area contributed by atoms with E-state index in [-0.39, 0.29) is 29.6 Å². The van der Waals surface area contributed by atoms with Crippen LogP contribution in [0.25, 0.3) is 0 Å². The van der Waals surface area contributed by atoms with Crippen molar-refractivity contribution in [3.05, 3.63) is 65.5 Å². The lowest BCUT2D eigenvalue weighted by atomic mass is 9.76. The molecule has 6 heteroatoms. The largest absolute Gasteiger partial charge is 0.491 e. The van der Waals surface area contributed by atoms with E-state index in [2.05, 4.69) is 13.8 Å². The van der Waals surface area contributed by atoms with Gasteiger partial charge in [0.25, 0.3) is 5.91 Å². The fraction of sp³-hybridized carbons (Fsp3) is 0.517. The lowest BCUT2D eigenvalue weighted by Crippen LogP contribution is -2.54. The fourth-order valence-electron chi connectivity index (χ4n) is 5.61. The summed E-state index contributed by atoms with van der Waals surface area (Å²) in [7, 11) is 1.81. The van der Waals surface area contributed by atoms with Gasteiger partial charge in [0.05, 0.1) is 17.0 Å². The van der Waals surface area contributed by atoms with Gasteiger partial charge in [0.1, 0.15) is 18.2 Å². The molecule has 5 nitrogen and oxygen atoms in total. The van der Waals surface area contributed by atoms with Crippen molar-refractivity contribution in [3.63, 3.8) is 0 Å². The zero-order chi connectivity index (χ0) is 25.0. The maximum atomic E-state index is 14.4. The van der Waals surface area contributed by atoms with E-state index >= 15 is 0 Å². The molecule has 0 N–H and O–H groups in total. The van der Waals surface area contributed by atoms with Crippen molar-refractivity contribution >= 4 is 11.8 Å². The highest BCUT2D eigenvalue weighted by atomic mass is 19.1. The van der Waals surface area contributed by atoms with Crippen molar-refractivity contribution in [2.75, 3.05) is 26.7 Å². The first kappa shape index (κ1) is 25.2. The fourth-order valence-corrected chi connectivity index (χ4v) is 5.61. The van der Waals surface area contributed by atoms with Gasteiger partial charge in [0.2, 0.25) is 5.91 Å². The summed E-state index contributed by atoms with van der Waals surface area (Å²) in [4.78, 5) is 31.1. The van der Waals surface area contributed by atoms with E-state index in [0.717, 1.165) is 44.1 Å². The van der Waals surface area contributed by atoms with Crippen LogP contribution in [0.3, 0.4) is 0 Å². The van der Waals surface area contributed by atoms with Gasteiger partial charge in [-0.2, -0.15) is 0 Å². The van der Waals surface area contributed by atoms with Crippen LogP contribution in [0.5, 0.6) is 5.75 Å². The summed E-state index contributed by atoms with van der Waals surface area (Å²) in [6.07, 6.45) is 4.97. The van der Waals surface area contributed by atoms with E-state index in [1.165, 1.54) is 12.1 Å².